The summed E-state index contributed by atoms with van der Waals surface area (Å²) < 4.78 is 25.6. The molecule has 0 aliphatic rings. The number of carbonyl (C=O) groups is 1. The molecule has 1 aromatic rings. The van der Waals surface area contributed by atoms with Gasteiger partial charge in [0.05, 0.1) is 4.90 Å². The second-order valence-electron chi connectivity index (χ2n) is 3.53. The van der Waals surface area contributed by atoms with E-state index < -0.39 is 16.1 Å². The van der Waals surface area contributed by atoms with E-state index in [0.717, 1.165) is 0 Å². The van der Waals surface area contributed by atoms with Crippen molar-refractivity contribution in [2.24, 2.45) is 0 Å². The molecule has 18 heavy (non-hydrogen) atoms. The number of nitrogens with zero attached hydrogens (tertiary/aromatic N) is 1. The molecule has 0 heterocycles. The zero-order valence-electron chi connectivity index (χ0n) is 10.4. The number of hydrogen-bond acceptors (Lipinski definition) is 4. The number of hydrazine groups is 1. The molecule has 0 saturated heterocycles. The summed E-state index contributed by atoms with van der Waals surface area (Å²) in [5, 5.41) is 1.59. The Balaban J connectivity index is 2.70. The Morgan fingerprint density at radius 1 is 1.17 bits per heavy atom. The lowest BCUT2D eigenvalue weighted by Crippen LogP contribution is -2.48. The molecule has 0 aliphatic heterocycles. The fourth-order valence-electron chi connectivity index (χ4n) is 1.33. The molecule has 2 N–H and O–H groups in total. The third-order valence-electron chi connectivity index (χ3n) is 2.30. The molecule has 0 unspecified atom stereocenters. The van der Waals surface area contributed by atoms with Crippen molar-refractivity contribution in [2.45, 2.75) is 18.7 Å². The van der Waals surface area contributed by atoms with E-state index in [2.05, 4.69) is 5.43 Å². The molecule has 6 nitrogen and oxygen atoms in total. The molecular weight excluding hydrogens is 254 g/mol. The van der Waals surface area contributed by atoms with Crippen LogP contribution in [0.4, 0.5) is 4.79 Å². The first-order chi connectivity index (χ1) is 8.49. The molecular formula is C11H17N3O3S. The molecule has 0 radical (unpaired) electrons. The number of sulfonamides is 1. The monoisotopic (exact) mass is 271 g/mol. The van der Waals surface area contributed by atoms with Gasteiger partial charge in [-0.15, -0.1) is 0 Å². The molecule has 0 saturated carbocycles. The number of carbonyl (C=O) groups excluding carboxylic acids is 1. The highest BCUT2D eigenvalue weighted by atomic mass is 32.2. The molecule has 100 valence electrons. The smallest absolute Gasteiger partial charge is 0.270 e. The Kier molecular flexibility index (Phi) is 5.11. The summed E-state index contributed by atoms with van der Waals surface area (Å²) in [5.41, 5.74) is 2.45. The Morgan fingerprint density at radius 2 is 1.72 bits per heavy atom. The van der Waals surface area contributed by atoms with Crippen LogP contribution < -0.4 is 10.1 Å². The van der Waals surface area contributed by atoms with E-state index in [0.29, 0.717) is 13.1 Å². The quantitative estimate of drug-likeness (QED) is 0.781. The van der Waals surface area contributed by atoms with Gasteiger partial charge in [0, 0.05) is 13.1 Å². The normalized spacial score (nSPS) is 11.3. The molecule has 1 rings (SSSR count). The second kappa shape index (κ2) is 6.36. The average molecular weight is 271 g/mol. The first-order valence-electron chi connectivity index (χ1n) is 5.63. The zero-order valence-corrected chi connectivity index (χ0v) is 11.2. The highest BCUT2D eigenvalue weighted by Crippen LogP contribution is 2.06. The third kappa shape index (κ3) is 4.01. The van der Waals surface area contributed by atoms with Crippen molar-refractivity contribution in [1.29, 1.82) is 0 Å². The van der Waals surface area contributed by atoms with E-state index in [-0.39, 0.29) is 4.90 Å². The van der Waals surface area contributed by atoms with E-state index in [1.54, 1.807) is 23.2 Å². The average Bonchev–Trinajstić information content (AvgIpc) is 2.36. The van der Waals surface area contributed by atoms with Gasteiger partial charge in [0.25, 0.3) is 10.0 Å². The van der Waals surface area contributed by atoms with Gasteiger partial charge >= 0.3 is 6.03 Å². The first kappa shape index (κ1) is 14.5. The molecule has 0 bridgehead atoms. The van der Waals surface area contributed by atoms with Crippen LogP contribution in [-0.4, -0.2) is 32.5 Å². The number of rotatable bonds is 5. The first-order valence-corrected chi connectivity index (χ1v) is 7.11. The number of hydrogen-bond donors (Lipinski definition) is 2. The van der Waals surface area contributed by atoms with Crippen molar-refractivity contribution in [2.75, 3.05) is 13.1 Å². The minimum absolute atomic E-state index is 0.0553. The van der Waals surface area contributed by atoms with Gasteiger partial charge in [0.15, 0.2) is 0 Å². The molecule has 0 spiro atoms. The molecule has 2 amide bonds. The van der Waals surface area contributed by atoms with Crippen LogP contribution in [0.25, 0.3) is 0 Å². The molecule has 0 atom stereocenters. The highest BCUT2D eigenvalue weighted by molar-refractivity contribution is 7.90. The van der Waals surface area contributed by atoms with Crippen LogP contribution in [0.15, 0.2) is 35.2 Å². The highest BCUT2D eigenvalue weighted by Gasteiger charge is 2.17. The van der Waals surface area contributed by atoms with Crippen molar-refractivity contribution >= 4 is 16.1 Å². The molecule has 1 aromatic carbocycles. The summed E-state index contributed by atoms with van der Waals surface area (Å²) in [6.07, 6.45) is 0. The minimum Gasteiger partial charge on any atom is -0.270 e. The minimum atomic E-state index is -3.81. The Morgan fingerprint density at radius 3 is 2.22 bits per heavy atom. The fourth-order valence-corrected chi connectivity index (χ4v) is 2.25. The summed E-state index contributed by atoms with van der Waals surface area (Å²) in [7, 11) is -3.81. The standard InChI is InChI=1S/C11H17N3O3S/c1-3-14(4-2)12-11(15)13-18(16,17)10-8-6-5-7-9-10/h5-9H,3-4H2,1-2H3,(H2,12,13,15). The summed E-state index contributed by atoms with van der Waals surface area (Å²) in [5.74, 6) is 0. The fraction of sp³-hybridized carbons (Fsp3) is 0.364. The Labute approximate surface area is 107 Å². The number of benzene rings is 1. The van der Waals surface area contributed by atoms with Crippen LogP contribution in [0.2, 0.25) is 0 Å². The van der Waals surface area contributed by atoms with Crippen LogP contribution in [0, 0.1) is 0 Å². The molecule has 0 aliphatic carbocycles. The van der Waals surface area contributed by atoms with Crippen molar-refractivity contribution in [3.05, 3.63) is 30.3 Å². The van der Waals surface area contributed by atoms with Crippen molar-refractivity contribution in [3.63, 3.8) is 0 Å². The summed E-state index contributed by atoms with van der Waals surface area (Å²) in [6.45, 7) is 4.90. The van der Waals surface area contributed by atoms with Crippen LogP contribution in [0.5, 0.6) is 0 Å². The predicted molar refractivity (Wildman–Crippen MR) is 68.2 cm³/mol. The summed E-state index contributed by atoms with van der Waals surface area (Å²) in [6, 6.07) is 6.98. The van der Waals surface area contributed by atoms with E-state index in [4.69, 9.17) is 0 Å². The lowest BCUT2D eigenvalue weighted by molar-refractivity contribution is 0.191. The zero-order chi connectivity index (χ0) is 13.6. The van der Waals surface area contributed by atoms with Crippen molar-refractivity contribution < 1.29 is 13.2 Å². The lowest BCUT2D eigenvalue weighted by atomic mass is 10.4. The maximum absolute atomic E-state index is 11.8. The van der Waals surface area contributed by atoms with Crippen molar-refractivity contribution in [3.8, 4) is 0 Å². The summed E-state index contributed by atoms with van der Waals surface area (Å²) >= 11 is 0. The van der Waals surface area contributed by atoms with E-state index in [1.165, 1.54) is 12.1 Å². The maximum Gasteiger partial charge on any atom is 0.343 e. The number of urea groups is 1. The second-order valence-corrected chi connectivity index (χ2v) is 5.21. The van der Waals surface area contributed by atoms with Gasteiger partial charge in [-0.3, -0.25) is 5.43 Å². The van der Waals surface area contributed by atoms with Crippen LogP contribution in [0.3, 0.4) is 0 Å². The SMILES string of the molecule is CCN(CC)NC(=O)NS(=O)(=O)c1ccccc1. The van der Waals surface area contributed by atoms with Gasteiger partial charge in [-0.2, -0.15) is 0 Å². The molecule has 0 fully saturated rings. The third-order valence-corrected chi connectivity index (χ3v) is 3.65. The van der Waals surface area contributed by atoms with E-state index in [9.17, 15) is 13.2 Å². The maximum atomic E-state index is 11.8. The largest absolute Gasteiger partial charge is 0.343 e. The lowest BCUT2D eigenvalue weighted by Gasteiger charge is -2.19. The van der Waals surface area contributed by atoms with E-state index >= 15 is 0 Å². The van der Waals surface area contributed by atoms with Gasteiger partial charge in [0.1, 0.15) is 0 Å². The van der Waals surface area contributed by atoms with Gasteiger partial charge in [-0.25, -0.2) is 22.9 Å². The Hall–Kier alpha value is -1.60. The van der Waals surface area contributed by atoms with Gasteiger partial charge < -0.3 is 0 Å². The van der Waals surface area contributed by atoms with E-state index in [1.807, 2.05) is 18.6 Å². The van der Waals surface area contributed by atoms with Gasteiger partial charge in [-0.1, -0.05) is 32.0 Å². The number of amides is 2. The Bertz CT molecular complexity index is 484. The molecule has 7 heteroatoms. The number of nitrogens with one attached hydrogen (secondary N) is 2. The van der Waals surface area contributed by atoms with Gasteiger partial charge in [-0.05, 0) is 12.1 Å². The van der Waals surface area contributed by atoms with Crippen molar-refractivity contribution in [1.82, 2.24) is 15.2 Å². The molecule has 0 aromatic heterocycles. The van der Waals surface area contributed by atoms with Crippen LogP contribution in [-0.2, 0) is 10.0 Å². The van der Waals surface area contributed by atoms with Crippen LogP contribution in [0.1, 0.15) is 13.8 Å². The predicted octanol–water partition coefficient (Wildman–Crippen LogP) is 0.931. The van der Waals surface area contributed by atoms with Crippen LogP contribution >= 0.6 is 0 Å². The van der Waals surface area contributed by atoms with Gasteiger partial charge in [0.2, 0.25) is 0 Å². The summed E-state index contributed by atoms with van der Waals surface area (Å²) in [4.78, 5) is 11.6. The topological polar surface area (TPSA) is 78.5 Å².